The predicted molar refractivity (Wildman–Crippen MR) is 157 cm³/mol. The molecule has 0 bridgehead atoms. The maximum Gasteiger partial charge on any atom is 0.243 e. The smallest absolute Gasteiger partial charge is 0.243 e. The van der Waals surface area contributed by atoms with Crippen LogP contribution in [0.1, 0.15) is 37.0 Å². The maximum absolute atomic E-state index is 11.2. The van der Waals surface area contributed by atoms with Crippen LogP contribution in [0.4, 0.5) is 5.82 Å². The Morgan fingerprint density at radius 3 is 2.85 bits per heavy atom. The van der Waals surface area contributed by atoms with Gasteiger partial charge >= 0.3 is 0 Å². The van der Waals surface area contributed by atoms with Crippen LogP contribution in [0.2, 0.25) is 0 Å². The van der Waals surface area contributed by atoms with Gasteiger partial charge in [0.25, 0.3) is 0 Å². The summed E-state index contributed by atoms with van der Waals surface area (Å²) >= 11 is 2.92. The van der Waals surface area contributed by atoms with E-state index in [1.54, 1.807) is 16.8 Å². The summed E-state index contributed by atoms with van der Waals surface area (Å²) in [5, 5.41) is 22.3. The molecule has 0 atom stereocenters. The molecular weight excluding hydrogens is 552 g/mol. The number of hydrogen-bond acceptors (Lipinski definition) is 12. The zero-order valence-electron chi connectivity index (χ0n) is 22.4. The van der Waals surface area contributed by atoms with Crippen LogP contribution in [0.3, 0.4) is 0 Å². The van der Waals surface area contributed by atoms with E-state index in [1.165, 1.54) is 16.9 Å². The molecule has 214 valence electrons. The zero-order chi connectivity index (χ0) is 27.7. The van der Waals surface area contributed by atoms with E-state index in [1.807, 2.05) is 35.7 Å². The molecule has 5 rings (SSSR count). The summed E-state index contributed by atoms with van der Waals surface area (Å²) in [4.78, 5) is 30.1. The van der Waals surface area contributed by atoms with Gasteiger partial charge < -0.3 is 5.32 Å². The lowest BCUT2D eigenvalue weighted by Gasteiger charge is -2.32. The monoisotopic (exact) mass is 586 g/mol. The molecule has 4 aromatic rings. The molecule has 40 heavy (non-hydrogen) atoms. The van der Waals surface area contributed by atoms with Crippen molar-refractivity contribution < 1.29 is 19.3 Å². The van der Waals surface area contributed by atoms with Gasteiger partial charge in [-0.1, -0.05) is 25.0 Å². The van der Waals surface area contributed by atoms with E-state index in [0.717, 1.165) is 97.5 Å². The summed E-state index contributed by atoms with van der Waals surface area (Å²) < 4.78 is 6.04. The minimum Gasteiger partial charge on any atom is -0.369 e. The number of aromatic nitrogens is 4. The molecular formula is C26H34N8O4S2. The molecule has 4 N–H and O–H groups in total. The molecule has 14 heteroatoms. The molecule has 0 radical (unpaired) electrons. The minimum absolute atomic E-state index is 0.338. The van der Waals surface area contributed by atoms with Crippen molar-refractivity contribution in [2.45, 2.75) is 38.6 Å². The van der Waals surface area contributed by atoms with Gasteiger partial charge in [-0.2, -0.15) is 10.2 Å². The minimum atomic E-state index is -0.338. The highest BCUT2D eigenvalue weighted by Crippen LogP contribution is 2.34. The lowest BCUT2D eigenvalue weighted by molar-refractivity contribution is -0.365. The Labute approximate surface area is 240 Å². The topological polar surface area (TPSA) is 141 Å². The van der Waals surface area contributed by atoms with Crippen molar-refractivity contribution in [1.29, 1.82) is 0 Å². The van der Waals surface area contributed by atoms with Crippen molar-refractivity contribution >= 4 is 56.2 Å². The molecule has 1 saturated heterocycles. The second-order valence-corrected chi connectivity index (χ2v) is 11.2. The number of aromatic amines is 1. The van der Waals surface area contributed by atoms with Gasteiger partial charge in [-0.15, -0.1) is 20.7 Å². The van der Waals surface area contributed by atoms with Gasteiger partial charge in [0, 0.05) is 79.8 Å². The van der Waals surface area contributed by atoms with Crippen molar-refractivity contribution in [2.24, 2.45) is 0 Å². The van der Waals surface area contributed by atoms with Gasteiger partial charge in [0.1, 0.15) is 5.82 Å². The standard InChI is InChI=1S/C26H34N8O4S2/c1-39-38-37-34-13-11-33(12-14-34)17-18-15-22-24(40-18)26(27-10-5-3-2-4-9-23(35)32-36)30-25(29-22)19-7-6-8-21-20(19)16-28-31-21/h6-8,15-16,36H,2-5,9-14,17H2,1H3,(H,28,31)(H,32,35)(H,27,29,30). The first-order chi connectivity index (χ1) is 19.6. The van der Waals surface area contributed by atoms with Crippen LogP contribution in [0.25, 0.3) is 32.5 Å². The van der Waals surface area contributed by atoms with Gasteiger partial charge in [0.05, 0.1) is 21.9 Å². The average Bonchev–Trinajstić information content (AvgIpc) is 3.63. The number of hydroxylamine groups is 3. The molecule has 3 aromatic heterocycles. The van der Waals surface area contributed by atoms with Crippen LogP contribution in [0, 0.1) is 0 Å². The number of fused-ring (bicyclic) bond motifs is 2. The first-order valence-electron chi connectivity index (χ1n) is 13.4. The van der Waals surface area contributed by atoms with Crippen LogP contribution in [-0.2, 0) is 20.7 Å². The molecule has 1 amide bonds. The number of nitrogens with zero attached hydrogens (tertiary/aromatic N) is 5. The number of H-pyrrole nitrogens is 1. The van der Waals surface area contributed by atoms with Gasteiger partial charge in [-0.05, 0) is 25.0 Å². The molecule has 4 heterocycles. The number of thiophene rings is 1. The largest absolute Gasteiger partial charge is 0.369 e. The number of anilines is 1. The van der Waals surface area contributed by atoms with Crippen molar-refractivity contribution in [2.75, 3.05) is 44.3 Å². The molecule has 12 nitrogen and oxygen atoms in total. The number of benzene rings is 1. The molecule has 0 aliphatic carbocycles. The fourth-order valence-electron chi connectivity index (χ4n) is 4.74. The number of amides is 1. The van der Waals surface area contributed by atoms with E-state index in [2.05, 4.69) is 26.5 Å². The fraction of sp³-hybridized carbons (Fsp3) is 0.462. The first kappa shape index (κ1) is 28.7. The highest BCUT2D eigenvalue weighted by molar-refractivity contribution is 7.93. The number of nitrogens with one attached hydrogen (secondary N) is 3. The SMILES string of the molecule is CSOON1CCN(Cc2cc3nc(-c4cccc5[nH]ncc45)nc(NCCCCCCC(=O)NO)c3s2)CC1. The summed E-state index contributed by atoms with van der Waals surface area (Å²) in [6.07, 6.45) is 7.58. The second-order valence-electron chi connectivity index (χ2n) is 9.60. The van der Waals surface area contributed by atoms with Crippen LogP contribution >= 0.6 is 23.4 Å². The Balaban J connectivity index is 1.30. The Bertz CT molecular complexity index is 1410. The number of carbonyl (C=O) groups is 1. The maximum atomic E-state index is 11.2. The van der Waals surface area contributed by atoms with E-state index >= 15 is 0 Å². The van der Waals surface area contributed by atoms with E-state index < -0.39 is 0 Å². The van der Waals surface area contributed by atoms with Crippen molar-refractivity contribution in [3.05, 3.63) is 35.3 Å². The Morgan fingerprint density at radius 2 is 2.02 bits per heavy atom. The van der Waals surface area contributed by atoms with Gasteiger partial charge in [-0.25, -0.2) is 15.4 Å². The van der Waals surface area contributed by atoms with Crippen molar-refractivity contribution in [3.8, 4) is 11.4 Å². The number of hydrogen-bond donors (Lipinski definition) is 4. The van der Waals surface area contributed by atoms with Crippen LogP contribution in [-0.4, -0.2) is 80.2 Å². The van der Waals surface area contributed by atoms with E-state index in [9.17, 15) is 4.79 Å². The van der Waals surface area contributed by atoms with Gasteiger partial charge in [-0.3, -0.25) is 20.0 Å². The average molecular weight is 587 g/mol. The number of piperazine rings is 1. The van der Waals surface area contributed by atoms with Crippen LogP contribution in [0.15, 0.2) is 30.5 Å². The lowest BCUT2D eigenvalue weighted by atomic mass is 10.1. The van der Waals surface area contributed by atoms with Gasteiger partial charge in [0.15, 0.2) is 5.82 Å². The molecule has 1 aliphatic rings. The van der Waals surface area contributed by atoms with Crippen molar-refractivity contribution in [3.63, 3.8) is 0 Å². The number of rotatable bonds is 14. The Hall–Kier alpha value is -2.85. The van der Waals surface area contributed by atoms with Crippen LogP contribution < -0.4 is 10.8 Å². The van der Waals surface area contributed by atoms with E-state index in [4.69, 9.17) is 24.5 Å². The fourth-order valence-corrected chi connectivity index (χ4v) is 5.99. The third-order valence-electron chi connectivity index (χ3n) is 6.81. The lowest BCUT2D eigenvalue weighted by Crippen LogP contribution is -2.45. The molecule has 0 spiro atoms. The second kappa shape index (κ2) is 14.2. The molecule has 0 unspecified atom stereocenters. The van der Waals surface area contributed by atoms with Crippen LogP contribution in [0.5, 0.6) is 0 Å². The molecule has 0 saturated carbocycles. The third-order valence-corrected chi connectivity index (χ3v) is 8.12. The normalized spacial score (nSPS) is 14.8. The molecule has 1 fully saturated rings. The molecule has 1 aliphatic heterocycles. The first-order valence-corrected chi connectivity index (χ1v) is 15.4. The van der Waals surface area contributed by atoms with Gasteiger partial charge in [0.2, 0.25) is 5.91 Å². The van der Waals surface area contributed by atoms with E-state index in [-0.39, 0.29) is 5.91 Å². The summed E-state index contributed by atoms with van der Waals surface area (Å²) in [5.74, 6) is 1.17. The molecule has 1 aromatic carbocycles. The van der Waals surface area contributed by atoms with E-state index in [0.29, 0.717) is 12.2 Å². The summed E-state index contributed by atoms with van der Waals surface area (Å²) in [7, 11) is 0. The summed E-state index contributed by atoms with van der Waals surface area (Å²) in [5.41, 5.74) is 4.50. The Morgan fingerprint density at radius 1 is 1.18 bits per heavy atom. The Kier molecular flexibility index (Phi) is 10.2. The predicted octanol–water partition coefficient (Wildman–Crippen LogP) is 4.36. The highest BCUT2D eigenvalue weighted by atomic mass is 32.2. The number of carbonyl (C=O) groups excluding carboxylic acids is 1. The number of unbranched alkanes of at least 4 members (excludes halogenated alkanes) is 3. The zero-order valence-corrected chi connectivity index (χ0v) is 24.0. The summed E-state index contributed by atoms with van der Waals surface area (Å²) in [6.45, 7) is 4.93. The highest BCUT2D eigenvalue weighted by Gasteiger charge is 2.21. The quantitative estimate of drug-likeness (QED) is 0.0551. The van der Waals surface area contributed by atoms with Crippen molar-refractivity contribution in [1.82, 2.24) is 35.6 Å². The third kappa shape index (κ3) is 7.26. The summed E-state index contributed by atoms with van der Waals surface area (Å²) in [6, 6.07) is 8.19.